The fourth-order valence-corrected chi connectivity index (χ4v) is 2.64. The van der Waals surface area contributed by atoms with E-state index in [9.17, 15) is 9.59 Å². The molecule has 0 aliphatic carbocycles. The summed E-state index contributed by atoms with van der Waals surface area (Å²) in [4.78, 5) is 29.6. The summed E-state index contributed by atoms with van der Waals surface area (Å²) >= 11 is 1.27. The number of pyridine rings is 1. The van der Waals surface area contributed by atoms with E-state index < -0.39 is 5.97 Å². The highest BCUT2D eigenvalue weighted by molar-refractivity contribution is 7.14. The molecule has 0 saturated carbocycles. The average molecular weight is 302 g/mol. The zero-order valence-corrected chi connectivity index (χ0v) is 12.2. The molecule has 0 saturated heterocycles. The molecule has 2 heterocycles. The van der Waals surface area contributed by atoms with Gasteiger partial charge in [0.25, 0.3) is 5.91 Å². The molecule has 0 bridgehead atoms. The zero-order chi connectivity index (χ0) is 15.2. The summed E-state index contributed by atoms with van der Waals surface area (Å²) in [5, 5.41) is 8.58. The van der Waals surface area contributed by atoms with Crippen LogP contribution in [0.3, 0.4) is 0 Å². The maximum atomic E-state index is 12.3. The first kappa shape index (κ1) is 14.9. The monoisotopic (exact) mass is 302 g/mol. The van der Waals surface area contributed by atoms with Crippen molar-refractivity contribution in [3.05, 3.63) is 58.1 Å². The molecule has 6 heteroatoms. The lowest BCUT2D eigenvalue weighted by atomic mass is 10.2. The number of aliphatic carboxylic acids is 1. The standard InChI is InChI=1S/C15H14N2O3S/c1-17(10-11-6-8-16-9-7-11)15(20)13-4-2-12(21-13)3-5-14(18)19/h2-9H,10H2,1H3,(H,18,19). The third-order valence-electron chi connectivity index (χ3n) is 2.74. The molecule has 0 atom stereocenters. The Morgan fingerprint density at radius 2 is 2.00 bits per heavy atom. The Bertz CT molecular complexity index is 665. The molecule has 0 aromatic carbocycles. The Morgan fingerprint density at radius 3 is 2.67 bits per heavy atom. The summed E-state index contributed by atoms with van der Waals surface area (Å²) in [6.45, 7) is 0.500. The molecule has 0 aliphatic rings. The van der Waals surface area contributed by atoms with Crippen molar-refractivity contribution >= 4 is 29.3 Å². The molecular formula is C15H14N2O3S. The fraction of sp³-hybridized carbons (Fsp3) is 0.133. The molecule has 2 rings (SSSR count). The van der Waals surface area contributed by atoms with E-state index in [0.717, 1.165) is 16.5 Å². The number of rotatable bonds is 5. The Hall–Kier alpha value is -2.47. The van der Waals surface area contributed by atoms with Crippen molar-refractivity contribution in [1.82, 2.24) is 9.88 Å². The molecular weight excluding hydrogens is 288 g/mol. The Balaban J connectivity index is 2.04. The van der Waals surface area contributed by atoms with Crippen LogP contribution in [0.15, 0.2) is 42.7 Å². The lowest BCUT2D eigenvalue weighted by Gasteiger charge is -2.16. The fourth-order valence-electron chi connectivity index (χ4n) is 1.73. The van der Waals surface area contributed by atoms with Gasteiger partial charge in [0, 0.05) is 36.9 Å². The van der Waals surface area contributed by atoms with E-state index in [1.54, 1.807) is 36.5 Å². The van der Waals surface area contributed by atoms with Crippen LogP contribution in [-0.2, 0) is 11.3 Å². The zero-order valence-electron chi connectivity index (χ0n) is 11.4. The summed E-state index contributed by atoms with van der Waals surface area (Å²) in [5.74, 6) is -1.10. The molecule has 0 spiro atoms. The number of hydrogen-bond donors (Lipinski definition) is 1. The van der Waals surface area contributed by atoms with Crippen LogP contribution in [0, 0.1) is 0 Å². The second kappa shape index (κ2) is 6.81. The Labute approximate surface area is 126 Å². The van der Waals surface area contributed by atoms with Crippen molar-refractivity contribution in [3.8, 4) is 0 Å². The molecule has 2 aromatic rings. The Kier molecular flexibility index (Phi) is 4.84. The quantitative estimate of drug-likeness (QED) is 0.862. The van der Waals surface area contributed by atoms with Gasteiger partial charge in [0.15, 0.2) is 0 Å². The largest absolute Gasteiger partial charge is 0.478 e. The SMILES string of the molecule is CN(Cc1ccncc1)C(=O)c1ccc(C=CC(=O)O)s1. The predicted molar refractivity (Wildman–Crippen MR) is 81.0 cm³/mol. The molecule has 1 N–H and O–H groups in total. The van der Waals surface area contributed by atoms with E-state index in [1.165, 1.54) is 17.4 Å². The first-order chi connectivity index (χ1) is 10.1. The number of nitrogens with zero attached hydrogens (tertiary/aromatic N) is 2. The Morgan fingerprint density at radius 1 is 1.29 bits per heavy atom. The molecule has 0 radical (unpaired) electrons. The van der Waals surface area contributed by atoms with Crippen molar-refractivity contribution in [3.63, 3.8) is 0 Å². The lowest BCUT2D eigenvalue weighted by Crippen LogP contribution is -2.25. The van der Waals surface area contributed by atoms with Gasteiger partial charge in [-0.2, -0.15) is 0 Å². The molecule has 5 nitrogen and oxygen atoms in total. The van der Waals surface area contributed by atoms with Crippen molar-refractivity contribution in [1.29, 1.82) is 0 Å². The molecule has 0 fully saturated rings. The van der Waals surface area contributed by atoms with Gasteiger partial charge in [-0.05, 0) is 35.9 Å². The van der Waals surface area contributed by atoms with Gasteiger partial charge < -0.3 is 10.0 Å². The van der Waals surface area contributed by atoms with Gasteiger partial charge in [0.2, 0.25) is 0 Å². The normalized spacial score (nSPS) is 10.7. The molecule has 0 unspecified atom stereocenters. The van der Waals surface area contributed by atoms with Crippen molar-refractivity contribution in [2.75, 3.05) is 7.05 Å². The van der Waals surface area contributed by atoms with Crippen LogP contribution in [0.25, 0.3) is 6.08 Å². The molecule has 108 valence electrons. The summed E-state index contributed by atoms with van der Waals surface area (Å²) in [6.07, 6.45) is 5.91. The van der Waals surface area contributed by atoms with Crippen LogP contribution < -0.4 is 0 Å². The maximum Gasteiger partial charge on any atom is 0.328 e. The highest BCUT2D eigenvalue weighted by Crippen LogP contribution is 2.20. The van der Waals surface area contributed by atoms with Gasteiger partial charge in [-0.15, -0.1) is 11.3 Å². The van der Waals surface area contributed by atoms with E-state index in [-0.39, 0.29) is 5.91 Å². The number of carbonyl (C=O) groups is 2. The minimum Gasteiger partial charge on any atom is -0.478 e. The van der Waals surface area contributed by atoms with Crippen molar-refractivity contribution < 1.29 is 14.7 Å². The minimum atomic E-state index is -1.01. The first-order valence-corrected chi connectivity index (χ1v) is 7.03. The number of carbonyl (C=O) groups excluding carboxylic acids is 1. The van der Waals surface area contributed by atoms with Crippen molar-refractivity contribution in [2.24, 2.45) is 0 Å². The van der Waals surface area contributed by atoms with Gasteiger partial charge in [-0.1, -0.05) is 0 Å². The third-order valence-corrected chi connectivity index (χ3v) is 3.78. The van der Waals surface area contributed by atoms with E-state index in [2.05, 4.69) is 4.98 Å². The predicted octanol–water partition coefficient (Wildman–Crippen LogP) is 2.51. The highest BCUT2D eigenvalue weighted by atomic mass is 32.1. The van der Waals surface area contributed by atoms with Crippen LogP contribution in [0.1, 0.15) is 20.1 Å². The highest BCUT2D eigenvalue weighted by Gasteiger charge is 2.14. The molecule has 21 heavy (non-hydrogen) atoms. The second-order valence-corrected chi connectivity index (χ2v) is 5.51. The van der Waals surface area contributed by atoms with Crippen LogP contribution in [0.4, 0.5) is 0 Å². The number of carboxylic acids is 1. The number of hydrogen-bond acceptors (Lipinski definition) is 4. The number of amides is 1. The van der Waals surface area contributed by atoms with E-state index in [4.69, 9.17) is 5.11 Å². The van der Waals surface area contributed by atoms with Crippen LogP contribution >= 0.6 is 11.3 Å². The molecule has 2 aromatic heterocycles. The van der Waals surface area contributed by atoms with Gasteiger partial charge in [0.1, 0.15) is 0 Å². The van der Waals surface area contributed by atoms with Gasteiger partial charge >= 0.3 is 5.97 Å². The number of thiophene rings is 1. The van der Waals surface area contributed by atoms with Gasteiger partial charge in [-0.3, -0.25) is 9.78 Å². The van der Waals surface area contributed by atoms with Crippen LogP contribution in [0.2, 0.25) is 0 Å². The maximum absolute atomic E-state index is 12.3. The van der Waals surface area contributed by atoms with Crippen molar-refractivity contribution in [2.45, 2.75) is 6.54 Å². The van der Waals surface area contributed by atoms with E-state index in [1.807, 2.05) is 12.1 Å². The third kappa shape index (κ3) is 4.25. The van der Waals surface area contributed by atoms with Gasteiger partial charge in [-0.25, -0.2) is 4.79 Å². The molecule has 1 amide bonds. The van der Waals surface area contributed by atoms with E-state index >= 15 is 0 Å². The van der Waals surface area contributed by atoms with Crippen LogP contribution in [0.5, 0.6) is 0 Å². The number of aromatic nitrogens is 1. The average Bonchev–Trinajstić information content (AvgIpc) is 2.94. The second-order valence-electron chi connectivity index (χ2n) is 4.39. The summed E-state index contributed by atoms with van der Waals surface area (Å²) < 4.78 is 0. The van der Waals surface area contributed by atoms with E-state index in [0.29, 0.717) is 11.4 Å². The minimum absolute atomic E-state index is 0.0909. The van der Waals surface area contributed by atoms with Crippen LogP contribution in [-0.4, -0.2) is 33.9 Å². The first-order valence-electron chi connectivity index (χ1n) is 6.21. The van der Waals surface area contributed by atoms with Gasteiger partial charge in [0.05, 0.1) is 4.88 Å². The lowest BCUT2D eigenvalue weighted by molar-refractivity contribution is -0.131. The molecule has 0 aliphatic heterocycles. The summed E-state index contributed by atoms with van der Waals surface area (Å²) in [7, 11) is 1.73. The summed E-state index contributed by atoms with van der Waals surface area (Å²) in [6, 6.07) is 7.16. The smallest absolute Gasteiger partial charge is 0.328 e. The topological polar surface area (TPSA) is 70.5 Å². The summed E-state index contributed by atoms with van der Waals surface area (Å²) in [5.41, 5.74) is 1.00. The number of carboxylic acid groups (broad SMARTS) is 1.